The van der Waals surface area contributed by atoms with Gasteiger partial charge in [-0.15, -0.1) is 0 Å². The second kappa shape index (κ2) is 7.66. The summed E-state index contributed by atoms with van der Waals surface area (Å²) >= 11 is 0. The normalized spacial score (nSPS) is 9.89. The standard InChI is InChI=1S/C15H14O4/c1-3-14(16)18-11-5-6-12-7-9-13(10-8-12)19-15(17)4-2/h3-10H,1-2,11H2/b6-5+. The van der Waals surface area contributed by atoms with Crippen molar-refractivity contribution in [3.05, 3.63) is 61.2 Å². The van der Waals surface area contributed by atoms with Crippen molar-refractivity contribution in [1.29, 1.82) is 0 Å². The Morgan fingerprint density at radius 3 is 2.26 bits per heavy atom. The van der Waals surface area contributed by atoms with Gasteiger partial charge in [-0.3, -0.25) is 0 Å². The summed E-state index contributed by atoms with van der Waals surface area (Å²) in [7, 11) is 0. The second-order valence-electron chi connectivity index (χ2n) is 3.43. The lowest BCUT2D eigenvalue weighted by molar-refractivity contribution is -0.136. The maximum Gasteiger partial charge on any atom is 0.335 e. The van der Waals surface area contributed by atoms with Crippen LogP contribution in [0.2, 0.25) is 0 Å². The SMILES string of the molecule is C=CC(=O)OC/C=C/c1ccc(OC(=O)C=C)cc1. The van der Waals surface area contributed by atoms with Gasteiger partial charge in [0, 0.05) is 12.2 Å². The summed E-state index contributed by atoms with van der Waals surface area (Å²) in [5, 5.41) is 0. The Balaban J connectivity index is 2.49. The van der Waals surface area contributed by atoms with Gasteiger partial charge in [0.25, 0.3) is 0 Å². The first-order valence-electron chi connectivity index (χ1n) is 5.55. The highest BCUT2D eigenvalue weighted by Crippen LogP contribution is 2.13. The molecule has 4 heteroatoms. The van der Waals surface area contributed by atoms with Crippen molar-refractivity contribution in [3.63, 3.8) is 0 Å². The largest absolute Gasteiger partial charge is 0.458 e. The molecular weight excluding hydrogens is 244 g/mol. The number of benzene rings is 1. The minimum atomic E-state index is -0.500. The molecule has 0 radical (unpaired) electrons. The van der Waals surface area contributed by atoms with Crippen molar-refractivity contribution in [1.82, 2.24) is 0 Å². The molecule has 19 heavy (non-hydrogen) atoms. The number of carbonyl (C=O) groups excluding carboxylic acids is 2. The maximum atomic E-state index is 11.0. The summed E-state index contributed by atoms with van der Waals surface area (Å²) in [4.78, 5) is 21.7. The average Bonchev–Trinajstić information content (AvgIpc) is 2.44. The third-order valence-electron chi connectivity index (χ3n) is 2.06. The number of hydrogen-bond donors (Lipinski definition) is 0. The molecule has 0 aliphatic carbocycles. The van der Waals surface area contributed by atoms with Gasteiger partial charge < -0.3 is 9.47 Å². The van der Waals surface area contributed by atoms with Crippen molar-refractivity contribution in [2.75, 3.05) is 6.61 Å². The van der Waals surface area contributed by atoms with Gasteiger partial charge in [-0.25, -0.2) is 9.59 Å². The van der Waals surface area contributed by atoms with Crippen molar-refractivity contribution >= 4 is 18.0 Å². The van der Waals surface area contributed by atoms with E-state index in [2.05, 4.69) is 13.2 Å². The first-order valence-corrected chi connectivity index (χ1v) is 5.55. The first-order chi connectivity index (χ1) is 9.15. The van der Waals surface area contributed by atoms with Crippen LogP contribution in [0, 0.1) is 0 Å². The van der Waals surface area contributed by atoms with Crippen molar-refractivity contribution in [3.8, 4) is 5.75 Å². The van der Waals surface area contributed by atoms with Crippen molar-refractivity contribution in [2.24, 2.45) is 0 Å². The van der Waals surface area contributed by atoms with Crippen LogP contribution in [0.1, 0.15) is 5.56 Å². The highest BCUT2D eigenvalue weighted by Gasteiger charge is 1.98. The molecule has 0 N–H and O–H groups in total. The second-order valence-corrected chi connectivity index (χ2v) is 3.43. The number of hydrogen-bond acceptors (Lipinski definition) is 4. The highest BCUT2D eigenvalue weighted by molar-refractivity contribution is 5.83. The minimum Gasteiger partial charge on any atom is -0.458 e. The molecule has 0 unspecified atom stereocenters. The Labute approximate surface area is 111 Å². The van der Waals surface area contributed by atoms with Gasteiger partial charge in [0.2, 0.25) is 0 Å². The Morgan fingerprint density at radius 2 is 1.68 bits per heavy atom. The van der Waals surface area contributed by atoms with Crippen LogP contribution in [0.25, 0.3) is 6.08 Å². The molecule has 0 bridgehead atoms. The number of rotatable bonds is 6. The van der Waals surface area contributed by atoms with E-state index in [1.807, 2.05) is 0 Å². The summed E-state index contributed by atoms with van der Waals surface area (Å²) < 4.78 is 9.71. The van der Waals surface area contributed by atoms with Crippen LogP contribution < -0.4 is 4.74 Å². The van der Waals surface area contributed by atoms with Crippen LogP contribution in [-0.2, 0) is 14.3 Å². The zero-order valence-electron chi connectivity index (χ0n) is 10.4. The fourth-order valence-electron chi connectivity index (χ4n) is 1.18. The molecule has 1 rings (SSSR count). The molecule has 0 aliphatic rings. The van der Waals surface area contributed by atoms with Crippen LogP contribution >= 0.6 is 0 Å². The van der Waals surface area contributed by atoms with E-state index in [9.17, 15) is 9.59 Å². The van der Waals surface area contributed by atoms with Crippen LogP contribution in [0.3, 0.4) is 0 Å². The first kappa shape index (κ1) is 14.4. The molecule has 1 aromatic carbocycles. The topological polar surface area (TPSA) is 52.6 Å². The monoisotopic (exact) mass is 258 g/mol. The molecule has 0 saturated carbocycles. The van der Waals surface area contributed by atoms with Gasteiger partial charge in [0.15, 0.2) is 0 Å². The Bertz CT molecular complexity index is 497. The van der Waals surface area contributed by atoms with E-state index >= 15 is 0 Å². The number of ether oxygens (including phenoxy) is 2. The summed E-state index contributed by atoms with van der Waals surface area (Å²) in [6, 6.07) is 6.88. The lowest BCUT2D eigenvalue weighted by Gasteiger charge is -2.01. The molecule has 4 nitrogen and oxygen atoms in total. The molecule has 0 fully saturated rings. The molecule has 0 amide bonds. The lowest BCUT2D eigenvalue weighted by Crippen LogP contribution is -2.02. The van der Waals surface area contributed by atoms with E-state index in [1.165, 1.54) is 0 Å². The fraction of sp³-hybridized carbons (Fsp3) is 0.0667. The van der Waals surface area contributed by atoms with Crippen molar-refractivity contribution < 1.29 is 19.1 Å². The van der Waals surface area contributed by atoms with Crippen molar-refractivity contribution in [2.45, 2.75) is 0 Å². The molecule has 0 aromatic heterocycles. The predicted molar refractivity (Wildman–Crippen MR) is 72.5 cm³/mol. The summed E-state index contributed by atoms with van der Waals surface area (Å²) in [5.74, 6) is -0.517. The van der Waals surface area contributed by atoms with E-state index in [0.717, 1.165) is 17.7 Å². The Kier molecular flexibility index (Phi) is 5.82. The quantitative estimate of drug-likeness (QED) is 0.447. The molecule has 98 valence electrons. The average molecular weight is 258 g/mol. The van der Waals surface area contributed by atoms with E-state index in [1.54, 1.807) is 36.4 Å². The molecule has 0 atom stereocenters. The van der Waals surface area contributed by atoms with E-state index in [-0.39, 0.29) is 6.61 Å². The zero-order valence-corrected chi connectivity index (χ0v) is 10.4. The van der Waals surface area contributed by atoms with E-state index in [4.69, 9.17) is 9.47 Å². The Hall–Kier alpha value is -2.62. The van der Waals surface area contributed by atoms with Gasteiger partial charge in [0.1, 0.15) is 12.4 Å². The summed E-state index contributed by atoms with van der Waals surface area (Å²) in [6.07, 6.45) is 5.69. The third-order valence-corrected chi connectivity index (χ3v) is 2.06. The molecule has 1 aromatic rings. The van der Waals surface area contributed by atoms with Crippen LogP contribution in [0.4, 0.5) is 0 Å². The fourth-order valence-corrected chi connectivity index (χ4v) is 1.18. The minimum absolute atomic E-state index is 0.179. The number of carbonyl (C=O) groups is 2. The van der Waals surface area contributed by atoms with E-state index in [0.29, 0.717) is 5.75 Å². The summed E-state index contributed by atoms with van der Waals surface area (Å²) in [6.45, 7) is 6.78. The number of esters is 2. The Morgan fingerprint density at radius 1 is 1.05 bits per heavy atom. The predicted octanol–water partition coefficient (Wildman–Crippen LogP) is 2.52. The smallest absolute Gasteiger partial charge is 0.335 e. The molecule has 0 saturated heterocycles. The highest BCUT2D eigenvalue weighted by atomic mass is 16.5. The summed E-state index contributed by atoms with van der Waals surface area (Å²) in [5.41, 5.74) is 0.896. The van der Waals surface area contributed by atoms with Gasteiger partial charge in [0.05, 0.1) is 0 Å². The van der Waals surface area contributed by atoms with Gasteiger partial charge in [-0.1, -0.05) is 31.4 Å². The van der Waals surface area contributed by atoms with Crippen LogP contribution in [-0.4, -0.2) is 18.5 Å². The van der Waals surface area contributed by atoms with Gasteiger partial charge in [-0.2, -0.15) is 0 Å². The zero-order chi connectivity index (χ0) is 14.1. The maximum absolute atomic E-state index is 11.0. The van der Waals surface area contributed by atoms with Gasteiger partial charge >= 0.3 is 11.9 Å². The molecule has 0 heterocycles. The molecule has 0 spiro atoms. The molecule has 0 aliphatic heterocycles. The van der Waals surface area contributed by atoms with E-state index < -0.39 is 11.9 Å². The van der Waals surface area contributed by atoms with Gasteiger partial charge in [-0.05, 0) is 23.8 Å². The third kappa shape index (κ3) is 5.50. The lowest BCUT2D eigenvalue weighted by atomic mass is 10.2. The van der Waals surface area contributed by atoms with Crippen LogP contribution in [0.15, 0.2) is 55.7 Å². The van der Waals surface area contributed by atoms with Crippen LogP contribution in [0.5, 0.6) is 5.75 Å². The molecular formula is C15H14O4.